The van der Waals surface area contributed by atoms with Gasteiger partial charge in [0.25, 0.3) is 0 Å². The van der Waals surface area contributed by atoms with Gasteiger partial charge in [-0.1, -0.05) is 6.92 Å². The van der Waals surface area contributed by atoms with Crippen molar-refractivity contribution in [3.63, 3.8) is 0 Å². The number of hydrogen-bond acceptors (Lipinski definition) is 3. The summed E-state index contributed by atoms with van der Waals surface area (Å²) in [5.74, 6) is -1.14. The molecule has 5 nitrogen and oxygen atoms in total. The van der Waals surface area contributed by atoms with Gasteiger partial charge in [0.15, 0.2) is 0 Å². The van der Waals surface area contributed by atoms with E-state index in [1.807, 2.05) is 6.92 Å². The predicted octanol–water partition coefficient (Wildman–Crippen LogP) is 2.32. The molecule has 0 saturated heterocycles. The summed E-state index contributed by atoms with van der Waals surface area (Å²) in [7, 11) is 0. The van der Waals surface area contributed by atoms with Crippen molar-refractivity contribution in [2.75, 3.05) is 11.1 Å². The molecule has 18 heavy (non-hydrogen) atoms. The van der Waals surface area contributed by atoms with Gasteiger partial charge in [-0.3, -0.25) is 4.79 Å². The minimum atomic E-state index is -1.02. The first-order valence-corrected chi connectivity index (χ1v) is 5.81. The van der Waals surface area contributed by atoms with Gasteiger partial charge in [-0.25, -0.2) is 4.79 Å². The van der Waals surface area contributed by atoms with Crippen LogP contribution in [-0.2, 0) is 4.79 Å². The Labute approximate surface area is 106 Å². The van der Waals surface area contributed by atoms with Gasteiger partial charge in [0.2, 0.25) is 5.91 Å². The van der Waals surface area contributed by atoms with Gasteiger partial charge < -0.3 is 16.2 Å². The molecule has 0 heterocycles. The molecule has 1 amide bonds. The highest BCUT2D eigenvalue weighted by atomic mass is 16.4. The van der Waals surface area contributed by atoms with Crippen LogP contribution in [0.15, 0.2) is 6.07 Å². The zero-order chi connectivity index (χ0) is 13.9. The van der Waals surface area contributed by atoms with Crippen LogP contribution in [0.4, 0.5) is 11.4 Å². The molecule has 1 aromatic carbocycles. The third-order valence-electron chi connectivity index (χ3n) is 2.90. The number of nitrogens with two attached hydrogens (primary N) is 1. The van der Waals surface area contributed by atoms with Crippen LogP contribution in [0.25, 0.3) is 0 Å². The zero-order valence-corrected chi connectivity index (χ0v) is 10.8. The Morgan fingerprint density at radius 1 is 1.33 bits per heavy atom. The fraction of sp³-hybridized carbons (Fsp3) is 0.385. The van der Waals surface area contributed by atoms with Gasteiger partial charge in [0.1, 0.15) is 0 Å². The summed E-state index contributed by atoms with van der Waals surface area (Å²) in [5, 5.41) is 11.8. The molecule has 4 N–H and O–H groups in total. The third kappa shape index (κ3) is 2.80. The Bertz CT molecular complexity index is 495. The number of carboxylic acid groups (broad SMARTS) is 1. The molecular weight excluding hydrogens is 232 g/mol. The van der Waals surface area contributed by atoms with Crippen LogP contribution >= 0.6 is 0 Å². The molecule has 0 saturated carbocycles. The minimum absolute atomic E-state index is 0.116. The summed E-state index contributed by atoms with van der Waals surface area (Å²) in [6, 6.07) is 1.38. The topological polar surface area (TPSA) is 92.4 Å². The Balaban J connectivity index is 3.19. The lowest BCUT2D eigenvalue weighted by Crippen LogP contribution is -2.15. The molecule has 1 aromatic rings. The molecule has 0 radical (unpaired) electrons. The average Bonchev–Trinajstić information content (AvgIpc) is 2.29. The van der Waals surface area contributed by atoms with Crippen molar-refractivity contribution >= 4 is 23.3 Å². The van der Waals surface area contributed by atoms with Crippen LogP contribution in [0.2, 0.25) is 0 Å². The van der Waals surface area contributed by atoms with E-state index in [4.69, 9.17) is 10.8 Å². The van der Waals surface area contributed by atoms with Crippen molar-refractivity contribution in [1.29, 1.82) is 0 Å². The van der Waals surface area contributed by atoms with Gasteiger partial charge >= 0.3 is 5.97 Å². The van der Waals surface area contributed by atoms with Crippen molar-refractivity contribution in [2.45, 2.75) is 33.6 Å². The lowest BCUT2D eigenvalue weighted by atomic mass is 10.00. The summed E-state index contributed by atoms with van der Waals surface area (Å²) in [5.41, 5.74) is 8.05. The molecule has 5 heteroatoms. The summed E-state index contributed by atoms with van der Waals surface area (Å²) < 4.78 is 0. The van der Waals surface area contributed by atoms with E-state index in [2.05, 4.69) is 5.32 Å². The molecule has 0 fully saturated rings. The van der Waals surface area contributed by atoms with Crippen LogP contribution in [0.3, 0.4) is 0 Å². The summed E-state index contributed by atoms with van der Waals surface area (Å²) in [6.45, 7) is 5.36. The maximum Gasteiger partial charge on any atom is 0.336 e. The van der Waals surface area contributed by atoms with Gasteiger partial charge in [-0.05, 0) is 37.5 Å². The van der Waals surface area contributed by atoms with Crippen molar-refractivity contribution in [2.24, 2.45) is 0 Å². The van der Waals surface area contributed by atoms with E-state index in [1.54, 1.807) is 13.8 Å². The van der Waals surface area contributed by atoms with E-state index in [0.717, 1.165) is 6.42 Å². The minimum Gasteiger partial charge on any atom is -0.478 e. The molecular formula is C13H18N2O3. The molecule has 0 aromatic heterocycles. The monoisotopic (exact) mass is 250 g/mol. The van der Waals surface area contributed by atoms with E-state index >= 15 is 0 Å². The van der Waals surface area contributed by atoms with Crippen LogP contribution < -0.4 is 11.1 Å². The van der Waals surface area contributed by atoms with Crippen molar-refractivity contribution in [3.05, 3.63) is 22.8 Å². The van der Waals surface area contributed by atoms with Crippen LogP contribution in [0.5, 0.6) is 0 Å². The molecule has 0 atom stereocenters. The fourth-order valence-electron chi connectivity index (χ4n) is 1.76. The number of benzene rings is 1. The number of hydrogen-bond donors (Lipinski definition) is 3. The smallest absolute Gasteiger partial charge is 0.336 e. The summed E-state index contributed by atoms with van der Waals surface area (Å²) >= 11 is 0. The zero-order valence-electron chi connectivity index (χ0n) is 10.8. The highest BCUT2D eigenvalue weighted by molar-refractivity contribution is 5.98. The number of aromatic carboxylic acids is 1. The Morgan fingerprint density at radius 2 is 1.94 bits per heavy atom. The summed E-state index contributed by atoms with van der Waals surface area (Å²) in [6.07, 6.45) is 1.16. The van der Waals surface area contributed by atoms with Crippen LogP contribution in [0.1, 0.15) is 41.3 Å². The number of carboxylic acids is 1. The number of carbonyl (C=O) groups is 2. The number of nitrogens with one attached hydrogen (secondary N) is 1. The first-order valence-electron chi connectivity index (χ1n) is 5.81. The van der Waals surface area contributed by atoms with E-state index in [1.165, 1.54) is 6.07 Å². The van der Waals surface area contributed by atoms with Crippen LogP contribution in [-0.4, -0.2) is 17.0 Å². The number of nitrogen functional groups attached to an aromatic ring is 1. The molecule has 0 spiro atoms. The Hall–Kier alpha value is -2.04. The molecule has 0 aliphatic carbocycles. The molecule has 0 aliphatic rings. The second-order valence-corrected chi connectivity index (χ2v) is 4.24. The van der Waals surface area contributed by atoms with E-state index < -0.39 is 5.97 Å². The predicted molar refractivity (Wildman–Crippen MR) is 70.8 cm³/mol. The van der Waals surface area contributed by atoms with Gasteiger partial charge in [0, 0.05) is 6.42 Å². The average molecular weight is 250 g/mol. The number of amides is 1. The quantitative estimate of drug-likeness (QED) is 0.715. The van der Waals surface area contributed by atoms with Gasteiger partial charge in [-0.15, -0.1) is 0 Å². The SMILES string of the molecule is CCCC(=O)Nc1c(N)cc(C(=O)O)c(C)c1C. The normalized spacial score (nSPS) is 10.2. The lowest BCUT2D eigenvalue weighted by Gasteiger charge is -2.15. The van der Waals surface area contributed by atoms with E-state index in [-0.39, 0.29) is 17.2 Å². The van der Waals surface area contributed by atoms with Crippen molar-refractivity contribution < 1.29 is 14.7 Å². The van der Waals surface area contributed by atoms with Gasteiger partial charge in [-0.2, -0.15) is 0 Å². The number of rotatable bonds is 4. The maximum absolute atomic E-state index is 11.6. The first kappa shape index (κ1) is 14.0. The highest BCUT2D eigenvalue weighted by Gasteiger charge is 2.16. The Kier molecular flexibility index (Phi) is 4.31. The Morgan fingerprint density at radius 3 is 2.44 bits per heavy atom. The number of anilines is 2. The largest absolute Gasteiger partial charge is 0.478 e. The highest BCUT2D eigenvalue weighted by Crippen LogP contribution is 2.29. The van der Waals surface area contributed by atoms with E-state index in [9.17, 15) is 9.59 Å². The van der Waals surface area contributed by atoms with Crippen LogP contribution in [0, 0.1) is 13.8 Å². The first-order chi connectivity index (χ1) is 8.38. The molecule has 0 bridgehead atoms. The molecule has 1 rings (SSSR count). The second kappa shape index (κ2) is 5.53. The third-order valence-corrected chi connectivity index (χ3v) is 2.90. The van der Waals surface area contributed by atoms with E-state index in [0.29, 0.717) is 23.2 Å². The van der Waals surface area contributed by atoms with Crippen molar-refractivity contribution in [1.82, 2.24) is 0 Å². The fourth-order valence-corrected chi connectivity index (χ4v) is 1.76. The second-order valence-electron chi connectivity index (χ2n) is 4.24. The van der Waals surface area contributed by atoms with Gasteiger partial charge in [0.05, 0.1) is 16.9 Å². The standard InChI is InChI=1S/C13H18N2O3/c1-4-5-11(16)15-12-8(3)7(2)9(13(17)18)6-10(12)14/h6H,4-5,14H2,1-3H3,(H,15,16)(H,17,18). The molecule has 0 aliphatic heterocycles. The summed E-state index contributed by atoms with van der Waals surface area (Å²) in [4.78, 5) is 22.6. The van der Waals surface area contributed by atoms with Crippen molar-refractivity contribution in [3.8, 4) is 0 Å². The lowest BCUT2D eigenvalue weighted by molar-refractivity contribution is -0.116. The molecule has 98 valence electrons. The molecule has 0 unspecified atom stereocenters. The number of carbonyl (C=O) groups excluding carboxylic acids is 1. The maximum atomic E-state index is 11.6.